The molecule has 6 rings (SSSR count). The molecule has 5 nitrogen and oxygen atoms in total. The van der Waals surface area contributed by atoms with Gasteiger partial charge in [0, 0.05) is 42.9 Å². The Kier molecular flexibility index (Phi) is 7.47. The van der Waals surface area contributed by atoms with Gasteiger partial charge in [-0.2, -0.15) is 0 Å². The second kappa shape index (κ2) is 11.1. The van der Waals surface area contributed by atoms with E-state index in [0.717, 1.165) is 66.7 Å². The van der Waals surface area contributed by atoms with E-state index in [4.69, 9.17) is 4.74 Å². The van der Waals surface area contributed by atoms with Crippen LogP contribution in [0, 0.1) is 5.92 Å². The van der Waals surface area contributed by atoms with Crippen molar-refractivity contribution in [2.75, 3.05) is 31.5 Å². The van der Waals surface area contributed by atoms with E-state index in [0.29, 0.717) is 12.3 Å². The van der Waals surface area contributed by atoms with Crippen LogP contribution in [0.4, 0.5) is 5.69 Å². The third-order valence-electron chi connectivity index (χ3n) is 7.89. The minimum absolute atomic E-state index is 0.0754. The fourth-order valence-electron chi connectivity index (χ4n) is 5.85. The van der Waals surface area contributed by atoms with Crippen LogP contribution in [0.3, 0.4) is 0 Å². The van der Waals surface area contributed by atoms with E-state index in [1.165, 1.54) is 0 Å². The Labute approximate surface area is 213 Å². The van der Waals surface area contributed by atoms with E-state index < -0.39 is 6.04 Å². The lowest BCUT2D eigenvalue weighted by molar-refractivity contribution is -0.946. The second-order valence-corrected chi connectivity index (χ2v) is 10.3. The van der Waals surface area contributed by atoms with Crippen LogP contribution < -0.4 is 5.32 Å². The van der Waals surface area contributed by atoms with Gasteiger partial charge in [-0.05, 0) is 17.7 Å². The summed E-state index contributed by atoms with van der Waals surface area (Å²) >= 11 is 0. The first kappa shape index (κ1) is 24.3. The van der Waals surface area contributed by atoms with Gasteiger partial charge in [0.05, 0.1) is 19.6 Å². The highest BCUT2D eigenvalue weighted by Crippen LogP contribution is 2.37. The summed E-state index contributed by atoms with van der Waals surface area (Å²) in [5.41, 5.74) is 2.58. The van der Waals surface area contributed by atoms with Crippen molar-refractivity contribution in [1.29, 1.82) is 0 Å². The molecule has 3 aromatic rings. The van der Waals surface area contributed by atoms with Crippen molar-refractivity contribution in [3.8, 4) is 0 Å². The number of para-hydroxylation sites is 1. The average Bonchev–Trinajstić information content (AvgIpc) is 2.93. The van der Waals surface area contributed by atoms with E-state index in [-0.39, 0.29) is 17.9 Å². The van der Waals surface area contributed by atoms with Gasteiger partial charge < -0.3 is 14.5 Å². The number of benzene rings is 3. The Hall–Kier alpha value is -3.44. The fourth-order valence-corrected chi connectivity index (χ4v) is 5.85. The van der Waals surface area contributed by atoms with Crippen LogP contribution in [-0.4, -0.2) is 48.5 Å². The summed E-state index contributed by atoms with van der Waals surface area (Å²) in [7, 11) is 0. The van der Waals surface area contributed by atoms with Crippen LogP contribution in [-0.2, 0) is 9.53 Å². The molecule has 186 valence electrons. The van der Waals surface area contributed by atoms with Crippen LogP contribution in [0.2, 0.25) is 0 Å². The van der Waals surface area contributed by atoms with Gasteiger partial charge in [-0.25, -0.2) is 4.79 Å². The molecule has 5 heteroatoms. The van der Waals surface area contributed by atoms with Crippen molar-refractivity contribution in [2.45, 2.75) is 37.8 Å². The summed E-state index contributed by atoms with van der Waals surface area (Å²) in [5.74, 6) is 0.413. The smallest absolute Gasteiger partial charge is 0.333 e. The van der Waals surface area contributed by atoms with Crippen LogP contribution >= 0.6 is 0 Å². The summed E-state index contributed by atoms with van der Waals surface area (Å²) < 4.78 is 7.21. The molecule has 3 saturated heterocycles. The number of hydrogen-bond acceptors (Lipinski definition) is 4. The van der Waals surface area contributed by atoms with Gasteiger partial charge in [-0.3, -0.25) is 4.79 Å². The average molecular weight is 484 g/mol. The van der Waals surface area contributed by atoms with Crippen molar-refractivity contribution >= 4 is 17.4 Å². The summed E-state index contributed by atoms with van der Waals surface area (Å²) in [6, 6.07) is 28.6. The number of anilines is 1. The highest BCUT2D eigenvalue weighted by atomic mass is 16.5. The zero-order valence-corrected chi connectivity index (χ0v) is 20.7. The first-order chi connectivity index (χ1) is 17.6. The number of quaternary nitrogens is 1. The van der Waals surface area contributed by atoms with Crippen molar-refractivity contribution in [1.82, 2.24) is 0 Å². The Bertz CT molecular complexity index is 1140. The number of nitrogens with one attached hydrogen (secondary N) is 1. The molecule has 0 radical (unpaired) electrons. The molecule has 0 spiro atoms. The van der Waals surface area contributed by atoms with E-state index in [1.54, 1.807) is 0 Å². The third-order valence-corrected chi connectivity index (χ3v) is 7.89. The number of Topliss-reactive ketones (excluding diaryl/α,β-unsaturated/α-hetero) is 1. The van der Waals surface area contributed by atoms with Crippen molar-refractivity contribution < 1.29 is 18.8 Å². The third kappa shape index (κ3) is 5.68. The van der Waals surface area contributed by atoms with Gasteiger partial charge in [-0.1, -0.05) is 78.9 Å². The molecule has 3 heterocycles. The molecule has 3 fully saturated rings. The van der Waals surface area contributed by atoms with Gasteiger partial charge in [-0.15, -0.1) is 0 Å². The molecule has 2 atom stereocenters. The van der Waals surface area contributed by atoms with Gasteiger partial charge >= 0.3 is 5.97 Å². The van der Waals surface area contributed by atoms with Crippen LogP contribution in [0.1, 0.15) is 47.6 Å². The lowest BCUT2D eigenvalue weighted by Crippen LogP contribution is -2.64. The Morgan fingerprint density at radius 2 is 1.47 bits per heavy atom. The Balaban J connectivity index is 1.23. The number of rotatable bonds is 10. The number of esters is 1. The summed E-state index contributed by atoms with van der Waals surface area (Å²) in [5, 5.41) is 3.38. The molecule has 0 aliphatic carbocycles. The molecule has 3 aromatic carbocycles. The zero-order chi connectivity index (χ0) is 24.8. The Morgan fingerprint density at radius 3 is 2.14 bits per heavy atom. The number of fused-ring (bicyclic) bond motifs is 3. The Morgan fingerprint density at radius 1 is 0.861 bits per heavy atom. The molecule has 0 unspecified atom stereocenters. The molecule has 1 N–H and O–H groups in total. The first-order valence-corrected chi connectivity index (χ1v) is 13.1. The number of carbonyl (C=O) groups excluding carboxylic acids is 2. The number of ketones is 1. The van der Waals surface area contributed by atoms with Crippen molar-refractivity contribution in [3.63, 3.8) is 0 Å². The minimum Gasteiger partial charge on any atom is -0.454 e. The van der Waals surface area contributed by atoms with Gasteiger partial charge in [0.25, 0.3) is 0 Å². The van der Waals surface area contributed by atoms with E-state index in [9.17, 15) is 9.59 Å². The SMILES string of the molecule is O=C(CCC[N+]12CCC(CC1)[C@@H](OC(=O)[C@H](Nc1ccccc1)c1ccccc1)C2)c1ccccc1. The number of nitrogens with zero attached hydrogens (tertiary/aromatic N) is 1. The largest absolute Gasteiger partial charge is 0.454 e. The zero-order valence-electron chi connectivity index (χ0n) is 20.7. The fraction of sp³-hybridized carbons (Fsp3) is 0.355. The predicted octanol–water partition coefficient (Wildman–Crippen LogP) is 5.66. The van der Waals surface area contributed by atoms with E-state index in [1.807, 2.05) is 91.0 Å². The highest BCUT2D eigenvalue weighted by Gasteiger charge is 2.47. The lowest BCUT2D eigenvalue weighted by Gasteiger charge is -2.52. The predicted molar refractivity (Wildman–Crippen MR) is 142 cm³/mol. The maximum Gasteiger partial charge on any atom is 0.333 e. The van der Waals surface area contributed by atoms with E-state index >= 15 is 0 Å². The van der Waals surface area contributed by atoms with E-state index in [2.05, 4.69) is 5.32 Å². The van der Waals surface area contributed by atoms with Crippen LogP contribution in [0.25, 0.3) is 0 Å². The van der Waals surface area contributed by atoms with Crippen LogP contribution in [0.5, 0.6) is 0 Å². The number of carbonyl (C=O) groups is 2. The minimum atomic E-state index is -0.555. The molecule has 0 saturated carbocycles. The number of hydrogen-bond donors (Lipinski definition) is 1. The molecule has 0 amide bonds. The van der Waals surface area contributed by atoms with Gasteiger partial charge in [0.2, 0.25) is 0 Å². The molecule has 2 bridgehead atoms. The van der Waals surface area contributed by atoms with Crippen LogP contribution in [0.15, 0.2) is 91.0 Å². The topological polar surface area (TPSA) is 55.4 Å². The monoisotopic (exact) mass is 483 g/mol. The van der Waals surface area contributed by atoms with Gasteiger partial charge in [0.15, 0.2) is 17.9 Å². The molecule has 3 aliphatic rings. The lowest BCUT2D eigenvalue weighted by atomic mass is 9.83. The van der Waals surface area contributed by atoms with Crippen molar-refractivity contribution in [3.05, 3.63) is 102 Å². The first-order valence-electron chi connectivity index (χ1n) is 13.1. The summed E-state index contributed by atoms with van der Waals surface area (Å²) in [4.78, 5) is 26.1. The molecular formula is C31H35N2O3+. The number of piperidine rings is 3. The summed E-state index contributed by atoms with van der Waals surface area (Å²) in [6.07, 6.45) is 3.50. The maximum absolute atomic E-state index is 13.5. The molecule has 0 aromatic heterocycles. The second-order valence-electron chi connectivity index (χ2n) is 10.3. The van der Waals surface area contributed by atoms with Crippen molar-refractivity contribution in [2.24, 2.45) is 5.92 Å². The quantitative estimate of drug-likeness (QED) is 0.230. The normalized spacial score (nSPS) is 23.6. The molecule has 3 aliphatic heterocycles. The molecule has 36 heavy (non-hydrogen) atoms. The highest BCUT2D eigenvalue weighted by molar-refractivity contribution is 5.95. The number of ether oxygens (including phenoxy) is 1. The summed E-state index contributed by atoms with van der Waals surface area (Å²) in [6.45, 7) is 4.04. The maximum atomic E-state index is 13.5. The standard InChI is InChI=1S/C31H35N2O3/c34-28(24-11-4-1-5-12-24)17-10-20-33-21-18-25(19-22-33)29(23-33)36-31(35)30(26-13-6-2-7-14-26)32-27-15-8-3-9-16-27/h1-9,11-16,25,29-30,32H,10,17-23H2/q+1/t25?,29-,30+,33?/m0/s1. The van der Waals surface area contributed by atoms with Gasteiger partial charge in [0.1, 0.15) is 6.54 Å². The molecular weight excluding hydrogens is 448 g/mol.